The van der Waals surface area contributed by atoms with Crippen molar-refractivity contribution in [3.63, 3.8) is 0 Å². The number of aryl methyl sites for hydroxylation is 1. The van der Waals surface area contributed by atoms with E-state index in [0.717, 1.165) is 17.3 Å². The summed E-state index contributed by atoms with van der Waals surface area (Å²) < 4.78 is 1.88. The highest BCUT2D eigenvalue weighted by Gasteiger charge is 2.22. The first kappa shape index (κ1) is 11.6. The molecular formula is C12H17N5S. The van der Waals surface area contributed by atoms with Gasteiger partial charge in [-0.15, -0.1) is 11.3 Å². The fourth-order valence-electron chi connectivity index (χ4n) is 2.52. The molecule has 2 N–H and O–H groups in total. The Balaban J connectivity index is 1.79. The van der Waals surface area contributed by atoms with Gasteiger partial charge in [0.05, 0.1) is 12.1 Å². The van der Waals surface area contributed by atoms with Crippen LogP contribution in [0.4, 0.5) is 5.13 Å². The van der Waals surface area contributed by atoms with Crippen molar-refractivity contribution in [2.45, 2.75) is 38.0 Å². The summed E-state index contributed by atoms with van der Waals surface area (Å²) in [4.78, 5) is 8.94. The predicted octanol–water partition coefficient (Wildman–Crippen LogP) is 2.10. The maximum Gasteiger partial charge on any atom is 0.180 e. The molecule has 0 aromatic carbocycles. The molecule has 1 saturated carbocycles. The highest BCUT2D eigenvalue weighted by Crippen LogP contribution is 2.32. The number of rotatable bonds is 3. The molecule has 2 aromatic heterocycles. The first-order valence-electron chi connectivity index (χ1n) is 6.32. The Kier molecular flexibility index (Phi) is 3.03. The molecule has 18 heavy (non-hydrogen) atoms. The lowest BCUT2D eigenvalue weighted by atomic mass is 10.1. The zero-order chi connectivity index (χ0) is 12.5. The molecule has 0 spiro atoms. The number of aromatic nitrogens is 4. The van der Waals surface area contributed by atoms with Gasteiger partial charge in [0.15, 0.2) is 11.0 Å². The topological polar surface area (TPSA) is 69.6 Å². The molecule has 0 radical (unpaired) electrons. The third kappa shape index (κ3) is 2.25. The van der Waals surface area contributed by atoms with E-state index < -0.39 is 0 Å². The lowest BCUT2D eigenvalue weighted by Gasteiger charge is -2.00. The Hall–Kier alpha value is -1.43. The van der Waals surface area contributed by atoms with Gasteiger partial charge in [-0.2, -0.15) is 5.10 Å². The van der Waals surface area contributed by atoms with Gasteiger partial charge in [0, 0.05) is 18.3 Å². The van der Waals surface area contributed by atoms with Gasteiger partial charge >= 0.3 is 0 Å². The van der Waals surface area contributed by atoms with Crippen LogP contribution in [0.3, 0.4) is 0 Å². The number of nitrogens with zero attached hydrogens (tertiary/aromatic N) is 4. The van der Waals surface area contributed by atoms with Crippen molar-refractivity contribution in [2.75, 3.05) is 5.73 Å². The summed E-state index contributed by atoms with van der Waals surface area (Å²) in [6.07, 6.45) is 5.78. The second-order valence-corrected chi connectivity index (χ2v) is 5.73. The molecule has 0 atom stereocenters. The van der Waals surface area contributed by atoms with Gasteiger partial charge in [-0.3, -0.25) is 4.68 Å². The van der Waals surface area contributed by atoms with Crippen LogP contribution >= 0.6 is 11.3 Å². The Labute approximate surface area is 110 Å². The summed E-state index contributed by atoms with van der Waals surface area (Å²) in [5.41, 5.74) is 6.62. The number of hydrogen-bond acceptors (Lipinski definition) is 5. The van der Waals surface area contributed by atoms with Crippen molar-refractivity contribution in [3.05, 3.63) is 22.7 Å². The summed E-state index contributed by atoms with van der Waals surface area (Å²) in [5.74, 6) is 2.54. The highest BCUT2D eigenvalue weighted by atomic mass is 32.1. The molecule has 96 valence electrons. The fourth-order valence-corrected chi connectivity index (χ4v) is 3.08. The molecule has 1 aliphatic carbocycles. The Bertz CT molecular complexity index is 538. The minimum atomic E-state index is 0.561. The van der Waals surface area contributed by atoms with E-state index in [2.05, 4.69) is 15.1 Å². The lowest BCUT2D eigenvalue weighted by Crippen LogP contribution is -2.01. The number of thiazole rings is 1. The van der Waals surface area contributed by atoms with Gasteiger partial charge < -0.3 is 5.73 Å². The standard InChI is InChI=1S/C12H17N5S/c1-17-10(6-9-7-18-12(13)14-9)15-11(16-17)8-4-2-3-5-8/h7-8H,2-6H2,1H3,(H2,13,14). The van der Waals surface area contributed by atoms with E-state index in [4.69, 9.17) is 5.73 Å². The summed E-state index contributed by atoms with van der Waals surface area (Å²) >= 11 is 1.47. The molecule has 0 amide bonds. The quantitative estimate of drug-likeness (QED) is 0.920. The van der Waals surface area contributed by atoms with Gasteiger partial charge in [-0.25, -0.2) is 9.97 Å². The maximum absolute atomic E-state index is 5.64. The minimum Gasteiger partial charge on any atom is -0.375 e. The van der Waals surface area contributed by atoms with E-state index in [-0.39, 0.29) is 0 Å². The average Bonchev–Trinajstić information content (AvgIpc) is 3.02. The Morgan fingerprint density at radius 1 is 1.39 bits per heavy atom. The second kappa shape index (κ2) is 4.68. The van der Waals surface area contributed by atoms with E-state index in [1.165, 1.54) is 37.0 Å². The van der Waals surface area contributed by atoms with Crippen LogP contribution < -0.4 is 5.73 Å². The van der Waals surface area contributed by atoms with Crippen LogP contribution in [-0.2, 0) is 13.5 Å². The largest absolute Gasteiger partial charge is 0.375 e. The van der Waals surface area contributed by atoms with Crippen molar-refractivity contribution in [3.8, 4) is 0 Å². The smallest absolute Gasteiger partial charge is 0.180 e. The summed E-state index contributed by atoms with van der Waals surface area (Å²) in [5, 5.41) is 7.14. The first-order valence-corrected chi connectivity index (χ1v) is 7.20. The molecule has 6 heteroatoms. The lowest BCUT2D eigenvalue weighted by molar-refractivity contribution is 0.643. The highest BCUT2D eigenvalue weighted by molar-refractivity contribution is 7.13. The zero-order valence-corrected chi connectivity index (χ0v) is 11.3. The van der Waals surface area contributed by atoms with E-state index in [0.29, 0.717) is 17.5 Å². The van der Waals surface area contributed by atoms with E-state index >= 15 is 0 Å². The van der Waals surface area contributed by atoms with Crippen molar-refractivity contribution < 1.29 is 0 Å². The Morgan fingerprint density at radius 3 is 2.83 bits per heavy atom. The number of hydrogen-bond donors (Lipinski definition) is 1. The van der Waals surface area contributed by atoms with Crippen molar-refractivity contribution in [2.24, 2.45) is 7.05 Å². The number of nitrogen functional groups attached to an aromatic ring is 1. The summed E-state index contributed by atoms with van der Waals surface area (Å²) in [6.45, 7) is 0. The minimum absolute atomic E-state index is 0.561. The van der Waals surface area contributed by atoms with E-state index in [1.54, 1.807) is 0 Å². The van der Waals surface area contributed by atoms with Crippen LogP contribution in [0.15, 0.2) is 5.38 Å². The molecule has 5 nitrogen and oxygen atoms in total. The summed E-state index contributed by atoms with van der Waals surface area (Å²) in [7, 11) is 1.95. The van der Waals surface area contributed by atoms with Crippen LogP contribution in [0.25, 0.3) is 0 Å². The summed E-state index contributed by atoms with van der Waals surface area (Å²) in [6, 6.07) is 0. The van der Waals surface area contributed by atoms with Gasteiger partial charge in [0.2, 0.25) is 0 Å². The number of nitrogens with two attached hydrogens (primary N) is 1. The van der Waals surface area contributed by atoms with Crippen molar-refractivity contribution in [1.82, 2.24) is 19.7 Å². The van der Waals surface area contributed by atoms with E-state index in [9.17, 15) is 0 Å². The molecule has 0 unspecified atom stereocenters. The third-order valence-corrected chi connectivity index (χ3v) is 4.22. The first-order chi connectivity index (χ1) is 8.72. The SMILES string of the molecule is Cn1nc(C2CCCC2)nc1Cc1csc(N)n1. The van der Waals surface area contributed by atoms with Gasteiger partial charge in [0.1, 0.15) is 5.82 Å². The van der Waals surface area contributed by atoms with Crippen molar-refractivity contribution in [1.29, 1.82) is 0 Å². The van der Waals surface area contributed by atoms with Crippen LogP contribution in [0.1, 0.15) is 48.9 Å². The molecule has 1 aliphatic rings. The van der Waals surface area contributed by atoms with Crippen LogP contribution in [0.2, 0.25) is 0 Å². The zero-order valence-electron chi connectivity index (χ0n) is 10.5. The van der Waals surface area contributed by atoms with Crippen LogP contribution in [0, 0.1) is 0 Å². The molecule has 1 fully saturated rings. The monoisotopic (exact) mass is 263 g/mol. The Morgan fingerprint density at radius 2 is 2.17 bits per heavy atom. The second-order valence-electron chi connectivity index (χ2n) is 4.85. The van der Waals surface area contributed by atoms with Crippen molar-refractivity contribution >= 4 is 16.5 Å². The van der Waals surface area contributed by atoms with E-state index in [1.807, 2.05) is 17.1 Å². The molecule has 0 bridgehead atoms. The van der Waals surface area contributed by atoms with Crippen LogP contribution in [-0.4, -0.2) is 19.7 Å². The van der Waals surface area contributed by atoms with Gasteiger partial charge in [0.25, 0.3) is 0 Å². The van der Waals surface area contributed by atoms with Crippen LogP contribution in [0.5, 0.6) is 0 Å². The maximum atomic E-state index is 5.64. The van der Waals surface area contributed by atoms with Gasteiger partial charge in [-0.1, -0.05) is 12.8 Å². The molecule has 2 aromatic rings. The van der Waals surface area contributed by atoms with Gasteiger partial charge in [-0.05, 0) is 12.8 Å². The fraction of sp³-hybridized carbons (Fsp3) is 0.583. The number of anilines is 1. The third-order valence-electron chi connectivity index (χ3n) is 3.50. The normalized spacial score (nSPS) is 16.5. The molecule has 0 saturated heterocycles. The molecular weight excluding hydrogens is 246 g/mol. The molecule has 2 heterocycles. The molecule has 3 rings (SSSR count). The average molecular weight is 263 g/mol. The predicted molar refractivity (Wildman–Crippen MR) is 71.5 cm³/mol. The molecule has 0 aliphatic heterocycles.